The molecule has 0 bridgehead atoms. The molecule has 2 aliphatic rings. The third-order valence-corrected chi connectivity index (χ3v) is 8.28. The van der Waals surface area contributed by atoms with Crippen LogP contribution < -0.4 is 4.90 Å². The summed E-state index contributed by atoms with van der Waals surface area (Å²) in [7, 11) is 0. The average Bonchev–Trinajstić information content (AvgIpc) is 3.26. The van der Waals surface area contributed by atoms with Gasteiger partial charge in [0, 0.05) is 23.1 Å². The second-order valence-corrected chi connectivity index (χ2v) is 10.2. The smallest absolute Gasteiger partial charge is 0.310 e. The third-order valence-electron chi connectivity index (χ3n) is 6.06. The summed E-state index contributed by atoms with van der Waals surface area (Å²) in [6.45, 7) is 0.427. The summed E-state index contributed by atoms with van der Waals surface area (Å²) in [5.41, 5.74) is 1.89. The van der Waals surface area contributed by atoms with Gasteiger partial charge in [0.25, 0.3) is 5.91 Å². The van der Waals surface area contributed by atoms with Crippen molar-refractivity contribution in [1.82, 2.24) is 4.98 Å². The molecule has 1 aromatic heterocycles. The van der Waals surface area contributed by atoms with Crippen LogP contribution in [0.5, 0.6) is 0 Å². The van der Waals surface area contributed by atoms with E-state index in [0.717, 1.165) is 57.2 Å². The number of benzene rings is 2. The van der Waals surface area contributed by atoms with Gasteiger partial charge in [-0.05, 0) is 37.1 Å². The SMILES string of the molecule is O=C(OCC(=O)N1CCSc2ccccc21)C1CCCCC1c1nc2ccccc2s1. The standard InChI is InChI=1S/C24H24N2O3S2/c27-22(26-13-14-30-21-12-6-4-10-19(21)26)15-29-24(28)17-8-2-1-7-16(17)23-25-18-9-3-5-11-20(18)31-23/h3-6,9-12,16-17H,1-2,7-8,13-15H2. The highest BCUT2D eigenvalue weighted by atomic mass is 32.2. The fourth-order valence-electron chi connectivity index (χ4n) is 4.50. The number of nitrogens with zero attached hydrogens (tertiary/aromatic N) is 2. The van der Waals surface area contributed by atoms with E-state index in [1.54, 1.807) is 28.0 Å². The molecule has 0 saturated heterocycles. The van der Waals surface area contributed by atoms with Crippen molar-refractivity contribution in [1.29, 1.82) is 0 Å². The molecule has 3 aromatic rings. The fourth-order valence-corrected chi connectivity index (χ4v) is 6.67. The molecule has 1 fully saturated rings. The minimum Gasteiger partial charge on any atom is -0.455 e. The quantitative estimate of drug-likeness (QED) is 0.506. The first-order valence-electron chi connectivity index (χ1n) is 10.7. The Morgan fingerprint density at radius 2 is 1.87 bits per heavy atom. The number of para-hydroxylation sites is 2. The van der Waals surface area contributed by atoms with Crippen molar-refractivity contribution in [2.45, 2.75) is 36.5 Å². The number of fused-ring (bicyclic) bond motifs is 2. The molecule has 5 rings (SSSR count). The van der Waals surface area contributed by atoms with Gasteiger partial charge in [-0.25, -0.2) is 4.98 Å². The minimum atomic E-state index is -0.267. The Morgan fingerprint density at radius 1 is 1.06 bits per heavy atom. The zero-order valence-corrected chi connectivity index (χ0v) is 18.8. The van der Waals surface area contributed by atoms with E-state index in [0.29, 0.717) is 6.54 Å². The molecule has 0 radical (unpaired) electrons. The normalized spacial score (nSPS) is 21.0. The molecular formula is C24H24N2O3S2. The number of rotatable bonds is 4. The summed E-state index contributed by atoms with van der Waals surface area (Å²) >= 11 is 3.42. The van der Waals surface area contributed by atoms with Gasteiger partial charge in [-0.15, -0.1) is 23.1 Å². The number of thioether (sulfide) groups is 1. The van der Waals surface area contributed by atoms with Crippen LogP contribution >= 0.6 is 23.1 Å². The fraction of sp³-hybridized carbons (Fsp3) is 0.375. The molecule has 1 aliphatic heterocycles. The molecule has 0 spiro atoms. The summed E-state index contributed by atoms with van der Waals surface area (Å²) in [6, 6.07) is 16.0. The van der Waals surface area contributed by atoms with Crippen molar-refractivity contribution in [2.75, 3.05) is 23.8 Å². The molecular weight excluding hydrogens is 428 g/mol. The number of anilines is 1. The summed E-state index contributed by atoms with van der Waals surface area (Å²) in [5.74, 6) is 0.261. The number of aromatic nitrogens is 1. The Balaban J connectivity index is 1.27. The van der Waals surface area contributed by atoms with Crippen molar-refractivity contribution in [3.63, 3.8) is 0 Å². The molecule has 7 heteroatoms. The van der Waals surface area contributed by atoms with E-state index in [9.17, 15) is 9.59 Å². The maximum Gasteiger partial charge on any atom is 0.310 e. The van der Waals surface area contributed by atoms with Gasteiger partial charge in [0.2, 0.25) is 0 Å². The van der Waals surface area contributed by atoms with E-state index in [4.69, 9.17) is 9.72 Å². The van der Waals surface area contributed by atoms with Gasteiger partial charge in [0.05, 0.1) is 26.8 Å². The van der Waals surface area contributed by atoms with Gasteiger partial charge < -0.3 is 9.64 Å². The topological polar surface area (TPSA) is 59.5 Å². The predicted molar refractivity (Wildman–Crippen MR) is 125 cm³/mol. The van der Waals surface area contributed by atoms with Gasteiger partial charge in [-0.2, -0.15) is 0 Å². The van der Waals surface area contributed by atoms with E-state index < -0.39 is 0 Å². The summed E-state index contributed by atoms with van der Waals surface area (Å²) in [6.07, 6.45) is 3.82. The van der Waals surface area contributed by atoms with Crippen molar-refractivity contribution in [2.24, 2.45) is 5.92 Å². The first-order chi connectivity index (χ1) is 15.2. The first-order valence-corrected chi connectivity index (χ1v) is 12.6. The second-order valence-electron chi connectivity index (χ2n) is 7.99. The summed E-state index contributed by atoms with van der Waals surface area (Å²) < 4.78 is 6.72. The van der Waals surface area contributed by atoms with E-state index in [-0.39, 0.29) is 30.3 Å². The highest BCUT2D eigenvalue weighted by Crippen LogP contribution is 2.41. The lowest BCUT2D eigenvalue weighted by Crippen LogP contribution is -2.39. The number of carbonyl (C=O) groups excluding carboxylic acids is 2. The highest BCUT2D eigenvalue weighted by molar-refractivity contribution is 7.99. The number of amides is 1. The lowest BCUT2D eigenvalue weighted by molar-refractivity contribution is -0.153. The number of thiazole rings is 1. The molecule has 31 heavy (non-hydrogen) atoms. The van der Waals surface area contributed by atoms with Crippen molar-refractivity contribution >= 4 is 50.9 Å². The zero-order valence-electron chi connectivity index (χ0n) is 17.2. The lowest BCUT2D eigenvalue weighted by atomic mass is 9.79. The average molecular weight is 453 g/mol. The number of carbonyl (C=O) groups is 2. The van der Waals surface area contributed by atoms with Crippen LogP contribution in [0.25, 0.3) is 10.2 Å². The van der Waals surface area contributed by atoms with Crippen LogP contribution in [-0.4, -0.2) is 35.8 Å². The van der Waals surface area contributed by atoms with Crippen molar-refractivity contribution < 1.29 is 14.3 Å². The third kappa shape index (κ3) is 4.21. The Bertz CT molecular complexity index is 1080. The highest BCUT2D eigenvalue weighted by Gasteiger charge is 2.36. The predicted octanol–water partition coefficient (Wildman–Crippen LogP) is 5.25. The number of ether oxygens (including phenoxy) is 1. The van der Waals surface area contributed by atoms with E-state index in [2.05, 4.69) is 6.07 Å². The van der Waals surface area contributed by atoms with Gasteiger partial charge in [-0.3, -0.25) is 9.59 Å². The maximum absolute atomic E-state index is 13.0. The van der Waals surface area contributed by atoms with Crippen LogP contribution in [0, 0.1) is 5.92 Å². The van der Waals surface area contributed by atoms with Crippen LogP contribution in [0.4, 0.5) is 5.69 Å². The molecule has 1 saturated carbocycles. The second kappa shape index (κ2) is 9.01. The van der Waals surface area contributed by atoms with Crippen LogP contribution in [-0.2, 0) is 14.3 Å². The number of hydrogen-bond donors (Lipinski definition) is 0. The zero-order chi connectivity index (χ0) is 21.2. The Labute approximate surface area is 189 Å². The van der Waals surface area contributed by atoms with E-state index >= 15 is 0 Å². The number of esters is 1. The van der Waals surface area contributed by atoms with Crippen molar-refractivity contribution in [3.05, 3.63) is 53.5 Å². The molecule has 2 aromatic carbocycles. The summed E-state index contributed by atoms with van der Waals surface area (Å²) in [5, 5.41) is 1.01. The monoisotopic (exact) mass is 452 g/mol. The van der Waals surface area contributed by atoms with Crippen LogP contribution in [0.2, 0.25) is 0 Å². The minimum absolute atomic E-state index is 0.0702. The van der Waals surface area contributed by atoms with E-state index in [1.807, 2.05) is 42.5 Å². The largest absolute Gasteiger partial charge is 0.455 e. The molecule has 1 aliphatic carbocycles. The van der Waals surface area contributed by atoms with E-state index in [1.165, 1.54) is 0 Å². The summed E-state index contributed by atoms with van der Waals surface area (Å²) in [4.78, 5) is 33.5. The first kappa shape index (κ1) is 20.5. The molecule has 1 amide bonds. The van der Waals surface area contributed by atoms with Gasteiger partial charge in [0.1, 0.15) is 0 Å². The lowest BCUT2D eigenvalue weighted by Gasteiger charge is -2.30. The Kier molecular flexibility index (Phi) is 5.96. The van der Waals surface area contributed by atoms with Crippen LogP contribution in [0.3, 0.4) is 0 Å². The van der Waals surface area contributed by atoms with Crippen LogP contribution in [0.15, 0.2) is 53.4 Å². The molecule has 2 unspecified atom stereocenters. The number of hydrogen-bond acceptors (Lipinski definition) is 6. The molecule has 160 valence electrons. The Hall–Kier alpha value is -2.38. The molecule has 5 nitrogen and oxygen atoms in total. The maximum atomic E-state index is 13.0. The molecule has 0 N–H and O–H groups in total. The van der Waals surface area contributed by atoms with Gasteiger partial charge in [0.15, 0.2) is 6.61 Å². The molecule has 2 atom stereocenters. The van der Waals surface area contributed by atoms with Crippen LogP contribution in [0.1, 0.15) is 36.6 Å². The Morgan fingerprint density at radius 3 is 2.77 bits per heavy atom. The van der Waals surface area contributed by atoms with Gasteiger partial charge >= 0.3 is 5.97 Å². The van der Waals surface area contributed by atoms with Crippen molar-refractivity contribution in [3.8, 4) is 0 Å². The molecule has 2 heterocycles. The van der Waals surface area contributed by atoms with Gasteiger partial charge in [-0.1, -0.05) is 37.1 Å².